The Hall–Kier alpha value is -1.49. The molecule has 0 saturated heterocycles. The Morgan fingerprint density at radius 2 is 2.17 bits per heavy atom. The maximum absolute atomic E-state index is 13.2. The first-order valence-electron chi connectivity index (χ1n) is 5.58. The molecule has 1 N–H and O–H groups in total. The molecule has 94 valence electrons. The highest BCUT2D eigenvalue weighted by Gasteiger charge is 2.11. The minimum atomic E-state index is -0.368. The summed E-state index contributed by atoms with van der Waals surface area (Å²) in [5, 5.41) is 0. The molecule has 0 unspecified atom stereocenters. The Balaban J connectivity index is 2.65. The van der Waals surface area contributed by atoms with E-state index in [-0.39, 0.29) is 11.4 Å². The van der Waals surface area contributed by atoms with Crippen LogP contribution in [0, 0.1) is 12.7 Å². The van der Waals surface area contributed by atoms with Gasteiger partial charge in [-0.2, -0.15) is 0 Å². The second-order valence-corrected chi connectivity index (χ2v) is 4.81. The van der Waals surface area contributed by atoms with Gasteiger partial charge in [-0.1, -0.05) is 22.9 Å². The lowest BCUT2D eigenvalue weighted by atomic mass is 10.1. The van der Waals surface area contributed by atoms with E-state index >= 15 is 0 Å². The maximum Gasteiger partial charge on any atom is 0.254 e. The maximum atomic E-state index is 13.2. The summed E-state index contributed by atoms with van der Waals surface area (Å²) in [6.45, 7) is 3.68. The monoisotopic (exact) mass is 310 g/mol. The van der Waals surface area contributed by atoms with Gasteiger partial charge in [0.1, 0.15) is 11.6 Å². The lowest BCUT2D eigenvalue weighted by Gasteiger charge is -2.07. The number of aryl methyl sites for hydroxylation is 1. The van der Waals surface area contributed by atoms with Gasteiger partial charge in [0, 0.05) is 21.3 Å². The molecule has 0 fully saturated rings. The molecule has 0 spiro atoms. The van der Waals surface area contributed by atoms with Gasteiger partial charge < -0.3 is 4.98 Å². The van der Waals surface area contributed by atoms with Gasteiger partial charge in [0.2, 0.25) is 0 Å². The SMILES string of the molecule is CCc1c(C)nc(-c2cc(F)ccc2Br)[nH]c1=O. The average molecular weight is 311 g/mol. The third kappa shape index (κ3) is 2.36. The van der Waals surface area contributed by atoms with E-state index < -0.39 is 0 Å². The van der Waals surface area contributed by atoms with Gasteiger partial charge in [0.05, 0.1) is 0 Å². The third-order valence-electron chi connectivity index (χ3n) is 2.76. The minimum Gasteiger partial charge on any atom is -0.306 e. The normalized spacial score (nSPS) is 10.7. The summed E-state index contributed by atoms with van der Waals surface area (Å²) in [5.74, 6) is 0.00847. The Bertz CT molecular complexity index is 652. The number of aromatic nitrogens is 2. The van der Waals surface area contributed by atoms with Crippen LogP contribution < -0.4 is 5.56 Å². The average Bonchev–Trinajstić information content (AvgIpc) is 2.32. The lowest BCUT2D eigenvalue weighted by Crippen LogP contribution is -2.16. The van der Waals surface area contributed by atoms with E-state index in [0.29, 0.717) is 33.5 Å². The fourth-order valence-electron chi connectivity index (χ4n) is 1.83. The zero-order valence-electron chi connectivity index (χ0n) is 10.1. The summed E-state index contributed by atoms with van der Waals surface area (Å²) in [6, 6.07) is 4.28. The van der Waals surface area contributed by atoms with Crippen LogP contribution in [0.3, 0.4) is 0 Å². The number of nitrogens with zero attached hydrogens (tertiary/aromatic N) is 1. The van der Waals surface area contributed by atoms with Crippen molar-refractivity contribution in [1.29, 1.82) is 0 Å². The molecule has 0 saturated carbocycles. The summed E-state index contributed by atoms with van der Waals surface area (Å²) in [5.41, 5.74) is 1.70. The molecule has 0 aliphatic carbocycles. The van der Waals surface area contributed by atoms with Crippen LogP contribution in [0.2, 0.25) is 0 Å². The van der Waals surface area contributed by atoms with Gasteiger partial charge in [-0.15, -0.1) is 0 Å². The van der Waals surface area contributed by atoms with E-state index in [1.807, 2.05) is 6.92 Å². The molecule has 3 nitrogen and oxygen atoms in total. The molecule has 5 heteroatoms. The van der Waals surface area contributed by atoms with Crippen molar-refractivity contribution in [3.05, 3.63) is 50.1 Å². The molecule has 0 aliphatic heterocycles. The number of hydrogen-bond donors (Lipinski definition) is 1. The summed E-state index contributed by atoms with van der Waals surface area (Å²) in [7, 11) is 0. The minimum absolute atomic E-state index is 0.170. The van der Waals surface area contributed by atoms with Crippen LogP contribution in [0.25, 0.3) is 11.4 Å². The molecule has 18 heavy (non-hydrogen) atoms. The molecule has 0 aliphatic rings. The summed E-state index contributed by atoms with van der Waals surface area (Å²) < 4.78 is 13.9. The number of halogens is 2. The first kappa shape index (κ1) is 13.0. The Kier molecular flexibility index (Phi) is 3.61. The van der Waals surface area contributed by atoms with Crippen LogP contribution in [-0.4, -0.2) is 9.97 Å². The van der Waals surface area contributed by atoms with Crippen LogP contribution >= 0.6 is 15.9 Å². The number of aromatic amines is 1. The van der Waals surface area contributed by atoms with Crippen LogP contribution in [0.15, 0.2) is 27.5 Å². The van der Waals surface area contributed by atoms with Gasteiger partial charge in [-0.05, 0) is 31.5 Å². The van der Waals surface area contributed by atoms with Gasteiger partial charge in [0.25, 0.3) is 5.56 Å². The van der Waals surface area contributed by atoms with Gasteiger partial charge in [-0.3, -0.25) is 4.79 Å². The van der Waals surface area contributed by atoms with Crippen LogP contribution in [0.1, 0.15) is 18.2 Å². The van der Waals surface area contributed by atoms with E-state index in [4.69, 9.17) is 0 Å². The first-order valence-corrected chi connectivity index (χ1v) is 6.37. The lowest BCUT2D eigenvalue weighted by molar-refractivity contribution is 0.628. The third-order valence-corrected chi connectivity index (χ3v) is 3.45. The molecule has 0 atom stereocenters. The van der Waals surface area contributed by atoms with Crippen molar-refractivity contribution in [2.75, 3.05) is 0 Å². The predicted octanol–water partition coefficient (Wildman–Crippen LogP) is 3.21. The second kappa shape index (κ2) is 5.02. The van der Waals surface area contributed by atoms with Crippen molar-refractivity contribution >= 4 is 15.9 Å². The van der Waals surface area contributed by atoms with E-state index in [1.165, 1.54) is 12.1 Å². The standard InChI is InChI=1S/C13H12BrFN2O/c1-3-9-7(2)16-12(17-13(9)18)10-6-8(15)4-5-11(10)14/h4-6H,3H2,1-2H3,(H,16,17,18). The molecular weight excluding hydrogens is 299 g/mol. The molecular formula is C13H12BrFN2O. The van der Waals surface area contributed by atoms with E-state index in [0.717, 1.165) is 0 Å². The van der Waals surface area contributed by atoms with Crippen LogP contribution in [0.5, 0.6) is 0 Å². The molecule has 1 heterocycles. The van der Waals surface area contributed by atoms with Crippen molar-refractivity contribution in [2.24, 2.45) is 0 Å². The fourth-order valence-corrected chi connectivity index (χ4v) is 2.27. The highest BCUT2D eigenvalue weighted by atomic mass is 79.9. The fraction of sp³-hybridized carbons (Fsp3) is 0.231. The molecule has 0 bridgehead atoms. The quantitative estimate of drug-likeness (QED) is 0.925. The largest absolute Gasteiger partial charge is 0.306 e. The summed E-state index contributed by atoms with van der Waals surface area (Å²) in [6.07, 6.45) is 0.624. The van der Waals surface area contributed by atoms with E-state index in [1.54, 1.807) is 13.0 Å². The van der Waals surface area contributed by atoms with Crippen molar-refractivity contribution in [3.63, 3.8) is 0 Å². The van der Waals surface area contributed by atoms with Gasteiger partial charge >= 0.3 is 0 Å². The van der Waals surface area contributed by atoms with Crippen molar-refractivity contribution in [1.82, 2.24) is 9.97 Å². The number of rotatable bonds is 2. The zero-order chi connectivity index (χ0) is 13.3. The summed E-state index contributed by atoms with van der Waals surface area (Å²) >= 11 is 3.32. The smallest absolute Gasteiger partial charge is 0.254 e. The Labute approximate surface area is 112 Å². The van der Waals surface area contributed by atoms with E-state index in [9.17, 15) is 9.18 Å². The number of hydrogen-bond acceptors (Lipinski definition) is 2. The van der Waals surface area contributed by atoms with E-state index in [2.05, 4.69) is 25.9 Å². The molecule has 1 aromatic heterocycles. The van der Waals surface area contributed by atoms with Crippen molar-refractivity contribution < 1.29 is 4.39 Å². The predicted molar refractivity (Wildman–Crippen MR) is 72.1 cm³/mol. The van der Waals surface area contributed by atoms with Gasteiger partial charge in [-0.25, -0.2) is 9.37 Å². The highest BCUT2D eigenvalue weighted by molar-refractivity contribution is 9.10. The van der Waals surface area contributed by atoms with Crippen LogP contribution in [0.4, 0.5) is 4.39 Å². The molecule has 2 aromatic rings. The number of nitrogens with one attached hydrogen (secondary N) is 1. The highest BCUT2D eigenvalue weighted by Crippen LogP contribution is 2.26. The summed E-state index contributed by atoms with van der Waals surface area (Å²) in [4.78, 5) is 18.9. The topological polar surface area (TPSA) is 45.8 Å². The second-order valence-electron chi connectivity index (χ2n) is 3.96. The van der Waals surface area contributed by atoms with Crippen LogP contribution in [-0.2, 0) is 6.42 Å². The van der Waals surface area contributed by atoms with Gasteiger partial charge in [0.15, 0.2) is 0 Å². The Morgan fingerprint density at radius 3 is 2.78 bits per heavy atom. The Morgan fingerprint density at radius 1 is 1.44 bits per heavy atom. The van der Waals surface area contributed by atoms with Crippen molar-refractivity contribution in [3.8, 4) is 11.4 Å². The molecule has 0 radical (unpaired) electrons. The number of benzene rings is 1. The first-order chi connectivity index (χ1) is 8.52. The van der Waals surface area contributed by atoms with Crippen molar-refractivity contribution in [2.45, 2.75) is 20.3 Å². The molecule has 2 rings (SSSR count). The molecule has 1 aromatic carbocycles. The molecule has 0 amide bonds. The number of H-pyrrole nitrogens is 1. The zero-order valence-corrected chi connectivity index (χ0v) is 11.6.